The molecule has 4 aromatic rings. The maximum absolute atomic E-state index is 14.5. The summed E-state index contributed by atoms with van der Waals surface area (Å²) in [4.78, 5) is 61.7. The van der Waals surface area contributed by atoms with E-state index < -0.39 is 47.9 Å². The highest BCUT2D eigenvalue weighted by molar-refractivity contribution is 6.01. The summed E-state index contributed by atoms with van der Waals surface area (Å²) in [5.74, 6) is -1.48. The van der Waals surface area contributed by atoms with Crippen LogP contribution in [0.1, 0.15) is 79.6 Å². The van der Waals surface area contributed by atoms with Crippen molar-refractivity contribution in [3.8, 4) is 0 Å². The van der Waals surface area contributed by atoms with Crippen molar-refractivity contribution in [2.45, 2.75) is 101 Å². The average Bonchev–Trinajstić information content (AvgIpc) is 3.96. The van der Waals surface area contributed by atoms with Crippen LogP contribution in [0, 0.1) is 0 Å². The Balaban J connectivity index is 1.23. The van der Waals surface area contributed by atoms with Crippen molar-refractivity contribution < 1.29 is 33.1 Å². The number of para-hydroxylation sites is 2. The summed E-state index contributed by atoms with van der Waals surface area (Å²) in [6.45, 7) is 0.856. The molecule has 3 amide bonds. The third-order valence-corrected chi connectivity index (χ3v) is 9.99. The minimum atomic E-state index is -0.969. The van der Waals surface area contributed by atoms with Crippen molar-refractivity contribution in [1.82, 2.24) is 20.5 Å². The number of rotatable bonds is 17. The molecule has 0 bridgehead atoms. The van der Waals surface area contributed by atoms with E-state index in [0.717, 1.165) is 36.8 Å². The number of alkyl carbamates (subject to hydrolysis) is 1. The van der Waals surface area contributed by atoms with Crippen LogP contribution in [0.5, 0.6) is 0 Å². The van der Waals surface area contributed by atoms with Crippen molar-refractivity contribution in [2.24, 2.45) is 5.73 Å². The molecule has 4 atom stereocenters. The number of fused-ring (bicyclic) bond motifs is 1. The van der Waals surface area contributed by atoms with Crippen LogP contribution in [0.3, 0.4) is 0 Å². The molecule has 1 saturated heterocycles. The molecule has 280 valence electrons. The summed E-state index contributed by atoms with van der Waals surface area (Å²) in [5.41, 5.74) is 8.73. The van der Waals surface area contributed by atoms with Crippen LogP contribution >= 0.6 is 0 Å². The molecule has 1 aliphatic carbocycles. The zero-order chi connectivity index (χ0) is 37.0. The topological polar surface area (TPSA) is 166 Å². The number of nitrogens with one attached hydrogen (secondary N) is 2. The molecule has 2 heterocycles. The van der Waals surface area contributed by atoms with E-state index in [1.165, 1.54) is 4.90 Å². The van der Waals surface area contributed by atoms with E-state index in [0.29, 0.717) is 56.4 Å². The van der Waals surface area contributed by atoms with Crippen molar-refractivity contribution in [2.75, 3.05) is 13.1 Å². The molecule has 12 heteroatoms. The molecule has 1 saturated carbocycles. The van der Waals surface area contributed by atoms with Gasteiger partial charge < -0.3 is 35.2 Å². The van der Waals surface area contributed by atoms with Gasteiger partial charge in [-0.2, -0.15) is 0 Å². The number of unbranched alkanes of at least 4 members (excludes halogenated alkanes) is 1. The van der Waals surface area contributed by atoms with Crippen molar-refractivity contribution in [3.63, 3.8) is 0 Å². The summed E-state index contributed by atoms with van der Waals surface area (Å²) < 4.78 is 17.7. The number of ketones is 1. The van der Waals surface area contributed by atoms with Crippen LogP contribution in [-0.2, 0) is 32.1 Å². The van der Waals surface area contributed by atoms with E-state index in [1.54, 1.807) is 24.3 Å². The second kappa shape index (κ2) is 18.6. The van der Waals surface area contributed by atoms with E-state index in [-0.39, 0.29) is 25.0 Å². The van der Waals surface area contributed by atoms with E-state index in [2.05, 4.69) is 15.6 Å². The van der Waals surface area contributed by atoms with Crippen molar-refractivity contribution in [1.29, 1.82) is 0 Å². The third kappa shape index (κ3) is 10.3. The fourth-order valence-corrected chi connectivity index (χ4v) is 7.10. The number of oxazole rings is 1. The van der Waals surface area contributed by atoms with Gasteiger partial charge in [0, 0.05) is 13.0 Å². The molecule has 2 unspecified atom stereocenters. The number of amides is 3. The van der Waals surface area contributed by atoms with Gasteiger partial charge >= 0.3 is 6.09 Å². The van der Waals surface area contributed by atoms with Crippen LogP contribution < -0.4 is 16.4 Å². The first-order valence-corrected chi connectivity index (χ1v) is 18.7. The van der Waals surface area contributed by atoms with Gasteiger partial charge in [-0.05, 0) is 87.6 Å². The zero-order valence-electron chi connectivity index (χ0n) is 30.0. The van der Waals surface area contributed by atoms with E-state index in [1.807, 2.05) is 60.7 Å². The summed E-state index contributed by atoms with van der Waals surface area (Å²) in [7, 11) is 0. The minimum Gasteiger partial charge on any atom is -0.446 e. The number of ether oxygens (including phenoxy) is 2. The Morgan fingerprint density at radius 1 is 0.830 bits per heavy atom. The highest BCUT2D eigenvalue weighted by atomic mass is 16.6. The zero-order valence-corrected chi connectivity index (χ0v) is 30.0. The minimum absolute atomic E-state index is 0.0985. The first kappa shape index (κ1) is 37.7. The first-order chi connectivity index (χ1) is 25.9. The lowest BCUT2D eigenvalue weighted by molar-refractivity contribution is -0.140. The number of aromatic nitrogens is 1. The first-order valence-electron chi connectivity index (χ1n) is 18.7. The number of carbonyl (C=O) groups excluding carboxylic acids is 4. The van der Waals surface area contributed by atoms with Gasteiger partial charge in [-0.1, -0.05) is 72.8 Å². The van der Waals surface area contributed by atoms with Gasteiger partial charge in [0.15, 0.2) is 5.58 Å². The van der Waals surface area contributed by atoms with Crippen molar-refractivity contribution in [3.05, 3.63) is 102 Å². The lowest BCUT2D eigenvalue weighted by Gasteiger charge is -2.29. The maximum atomic E-state index is 14.5. The van der Waals surface area contributed by atoms with Crippen molar-refractivity contribution >= 4 is 34.8 Å². The number of likely N-dealkylation sites (tertiary alicyclic amines) is 1. The predicted octanol–water partition coefficient (Wildman–Crippen LogP) is 5.48. The fourth-order valence-electron chi connectivity index (χ4n) is 7.10. The van der Waals surface area contributed by atoms with E-state index in [9.17, 15) is 19.2 Å². The molecule has 12 nitrogen and oxygen atoms in total. The number of hydrogen-bond donors (Lipinski definition) is 3. The molecule has 6 rings (SSSR count). The third-order valence-electron chi connectivity index (χ3n) is 9.99. The number of aryl methyl sites for hydroxylation is 1. The molecule has 1 aliphatic heterocycles. The number of Topliss-reactive ketones (excluding diaryl/α,β-unsaturated/α-hetero) is 1. The SMILES string of the molecule is NCCCCC(NC(=O)[C@@H]1C[C@@H](OCc2ccccc2)CN1C(=O)C(CCc1ccccc1)NC(=O)OC1CCCC1)C(=O)c1nc2ccccc2o1. The van der Waals surface area contributed by atoms with E-state index in [4.69, 9.17) is 19.6 Å². The Hall–Kier alpha value is -5.07. The monoisotopic (exact) mass is 723 g/mol. The van der Waals surface area contributed by atoms with Gasteiger partial charge in [0.05, 0.1) is 18.8 Å². The normalized spacial score (nSPS) is 18.5. The molecule has 3 aromatic carbocycles. The molecular formula is C41H49N5O7. The second-order valence-electron chi connectivity index (χ2n) is 13.9. The predicted molar refractivity (Wildman–Crippen MR) is 199 cm³/mol. The Kier molecular flexibility index (Phi) is 13.2. The number of carbonyl (C=O) groups is 4. The largest absolute Gasteiger partial charge is 0.446 e. The van der Waals surface area contributed by atoms with Gasteiger partial charge in [-0.25, -0.2) is 9.78 Å². The fraction of sp³-hybridized carbons (Fsp3) is 0.439. The van der Waals surface area contributed by atoms with E-state index >= 15 is 0 Å². The van der Waals surface area contributed by atoms with Crippen LogP contribution in [0.4, 0.5) is 4.79 Å². The van der Waals surface area contributed by atoms with Gasteiger partial charge in [-0.15, -0.1) is 0 Å². The number of hydrogen-bond acceptors (Lipinski definition) is 9. The van der Waals surface area contributed by atoms with Gasteiger partial charge in [0.25, 0.3) is 5.89 Å². The van der Waals surface area contributed by atoms with Gasteiger partial charge in [-0.3, -0.25) is 14.4 Å². The lowest BCUT2D eigenvalue weighted by atomic mass is 10.0. The Morgan fingerprint density at radius 3 is 2.25 bits per heavy atom. The summed E-state index contributed by atoms with van der Waals surface area (Å²) >= 11 is 0. The Morgan fingerprint density at radius 2 is 1.53 bits per heavy atom. The lowest BCUT2D eigenvalue weighted by Crippen LogP contribution is -2.55. The summed E-state index contributed by atoms with van der Waals surface area (Å²) in [6.07, 6.45) is 4.82. The molecule has 2 aliphatic rings. The second-order valence-corrected chi connectivity index (χ2v) is 13.9. The molecule has 4 N–H and O–H groups in total. The van der Waals surface area contributed by atoms with Crippen LogP contribution in [-0.4, -0.2) is 77.0 Å². The van der Waals surface area contributed by atoms with Gasteiger partial charge in [0.1, 0.15) is 23.7 Å². The number of nitrogens with two attached hydrogens (primary N) is 1. The summed E-state index contributed by atoms with van der Waals surface area (Å²) in [6, 6.07) is 23.6. The smallest absolute Gasteiger partial charge is 0.408 e. The van der Waals surface area contributed by atoms with Crippen LogP contribution in [0.25, 0.3) is 11.1 Å². The molecule has 0 spiro atoms. The quantitative estimate of drug-likeness (QED) is 0.0945. The number of nitrogens with zero attached hydrogens (tertiary/aromatic N) is 2. The Bertz CT molecular complexity index is 1780. The standard InChI is InChI=1S/C41H49N5O7/c42-24-12-11-20-33(37(47)39-44-32-19-9-10-21-36(32)53-39)43-38(48)35-25-31(51-27-29-15-5-2-6-16-29)26-46(35)40(49)34(23-22-28-13-3-1-4-14-28)45-41(50)52-30-17-7-8-18-30/h1-6,9-10,13-16,19,21,30-31,33-35H,7-8,11-12,17-18,20,22-27,42H2,(H,43,48)(H,45,50)/t31-,33?,34?,35+/m1/s1. The Labute approximate surface area is 309 Å². The highest BCUT2D eigenvalue weighted by Gasteiger charge is 2.44. The summed E-state index contributed by atoms with van der Waals surface area (Å²) in [5, 5.41) is 5.77. The maximum Gasteiger partial charge on any atom is 0.408 e. The molecule has 53 heavy (non-hydrogen) atoms. The molecule has 2 fully saturated rings. The molecule has 0 radical (unpaired) electrons. The van der Waals surface area contributed by atoms with Crippen LogP contribution in [0.2, 0.25) is 0 Å². The number of benzene rings is 3. The molecule has 1 aromatic heterocycles. The van der Waals surface area contributed by atoms with Gasteiger partial charge in [0.2, 0.25) is 17.6 Å². The average molecular weight is 724 g/mol. The van der Waals surface area contributed by atoms with Crippen LogP contribution in [0.15, 0.2) is 89.3 Å². The highest BCUT2D eigenvalue weighted by Crippen LogP contribution is 2.26. The molecular weight excluding hydrogens is 674 g/mol.